The van der Waals surface area contributed by atoms with Gasteiger partial charge in [-0.3, -0.25) is 14.4 Å². The molecule has 8 heteroatoms. The van der Waals surface area contributed by atoms with Crippen molar-refractivity contribution >= 4 is 40.8 Å². The number of halogens is 2. The van der Waals surface area contributed by atoms with E-state index in [2.05, 4.69) is 5.32 Å². The average Bonchev–Trinajstić information content (AvgIpc) is 3.06. The Balaban J connectivity index is 1.56. The molecule has 2 amide bonds. The summed E-state index contributed by atoms with van der Waals surface area (Å²) in [6, 6.07) is 9.45. The van der Waals surface area contributed by atoms with Crippen LogP contribution in [0.25, 0.3) is 0 Å². The molecule has 29 heavy (non-hydrogen) atoms. The molecule has 1 aliphatic rings. The normalized spacial score (nSPS) is 16.1. The van der Waals surface area contributed by atoms with Gasteiger partial charge in [-0.2, -0.15) is 0 Å². The van der Waals surface area contributed by atoms with Crippen molar-refractivity contribution in [1.29, 1.82) is 0 Å². The predicted octanol–water partition coefficient (Wildman–Crippen LogP) is 3.63. The first kappa shape index (κ1) is 20.8. The van der Waals surface area contributed by atoms with Crippen molar-refractivity contribution in [3.05, 3.63) is 58.4 Å². The van der Waals surface area contributed by atoms with Crippen LogP contribution in [0.15, 0.2) is 36.4 Å². The van der Waals surface area contributed by atoms with Crippen molar-refractivity contribution in [2.75, 3.05) is 23.4 Å². The summed E-state index contributed by atoms with van der Waals surface area (Å²) in [5.74, 6) is -2.85. The van der Waals surface area contributed by atoms with Gasteiger partial charge in [0, 0.05) is 23.7 Å². The highest BCUT2D eigenvalue weighted by atomic mass is 35.5. The summed E-state index contributed by atoms with van der Waals surface area (Å²) in [4.78, 5) is 38.2. The van der Waals surface area contributed by atoms with Crippen LogP contribution in [0.4, 0.5) is 15.8 Å². The Kier molecular flexibility index (Phi) is 6.17. The minimum absolute atomic E-state index is 0.0135. The molecule has 6 nitrogen and oxygen atoms in total. The van der Waals surface area contributed by atoms with Crippen molar-refractivity contribution < 1.29 is 23.5 Å². The molecule has 0 bridgehead atoms. The maximum Gasteiger partial charge on any atom is 0.311 e. The molecule has 1 atom stereocenters. The molecule has 2 aromatic carbocycles. The molecule has 152 valence electrons. The van der Waals surface area contributed by atoms with Gasteiger partial charge in [0.15, 0.2) is 6.61 Å². The predicted molar refractivity (Wildman–Crippen MR) is 107 cm³/mol. The van der Waals surface area contributed by atoms with E-state index in [1.807, 2.05) is 32.0 Å². The molecular weight excluding hydrogens is 399 g/mol. The molecule has 0 aliphatic carbocycles. The van der Waals surface area contributed by atoms with Gasteiger partial charge in [-0.1, -0.05) is 23.7 Å². The van der Waals surface area contributed by atoms with E-state index < -0.39 is 30.2 Å². The van der Waals surface area contributed by atoms with Crippen LogP contribution >= 0.6 is 11.6 Å². The second kappa shape index (κ2) is 8.61. The summed E-state index contributed by atoms with van der Waals surface area (Å²) < 4.78 is 18.7. The molecule has 2 aromatic rings. The first-order valence-corrected chi connectivity index (χ1v) is 9.42. The van der Waals surface area contributed by atoms with Crippen LogP contribution in [-0.2, 0) is 19.1 Å². The van der Waals surface area contributed by atoms with E-state index >= 15 is 0 Å². The third-order valence-electron chi connectivity index (χ3n) is 4.88. The van der Waals surface area contributed by atoms with Crippen molar-refractivity contribution in [2.24, 2.45) is 5.92 Å². The van der Waals surface area contributed by atoms with Gasteiger partial charge in [0.1, 0.15) is 5.82 Å². The van der Waals surface area contributed by atoms with Gasteiger partial charge in [-0.15, -0.1) is 0 Å². The second-order valence-electron chi connectivity index (χ2n) is 6.90. The molecule has 0 unspecified atom stereocenters. The molecule has 1 fully saturated rings. The number of nitrogens with one attached hydrogen (secondary N) is 1. The summed E-state index contributed by atoms with van der Waals surface area (Å²) in [5, 5.41) is 2.51. The fourth-order valence-electron chi connectivity index (χ4n) is 3.16. The van der Waals surface area contributed by atoms with Crippen LogP contribution in [0, 0.1) is 25.6 Å². The lowest BCUT2D eigenvalue weighted by Gasteiger charge is -2.20. The monoisotopic (exact) mass is 418 g/mol. The lowest BCUT2D eigenvalue weighted by molar-refractivity contribution is -0.151. The van der Waals surface area contributed by atoms with Gasteiger partial charge in [0.2, 0.25) is 5.91 Å². The maximum absolute atomic E-state index is 13.7. The van der Waals surface area contributed by atoms with E-state index in [0.717, 1.165) is 22.9 Å². The lowest BCUT2D eigenvalue weighted by Crippen LogP contribution is -2.28. The number of amides is 2. The van der Waals surface area contributed by atoms with Crippen molar-refractivity contribution in [1.82, 2.24) is 0 Å². The van der Waals surface area contributed by atoms with Crippen LogP contribution in [0.2, 0.25) is 5.02 Å². The van der Waals surface area contributed by atoms with Crippen LogP contribution in [0.3, 0.4) is 0 Å². The molecule has 3 rings (SSSR count). The summed E-state index contributed by atoms with van der Waals surface area (Å²) in [7, 11) is 0. The SMILES string of the molecule is Cc1cccc(N2C[C@H](C(=O)OCC(=O)Nc3ccc(Cl)cc3F)CC2=O)c1C. The Morgan fingerprint density at radius 1 is 1.28 bits per heavy atom. The molecule has 1 aliphatic heterocycles. The number of ether oxygens (including phenoxy) is 1. The molecule has 0 spiro atoms. The minimum Gasteiger partial charge on any atom is -0.455 e. The van der Waals surface area contributed by atoms with E-state index in [0.29, 0.717) is 0 Å². The fraction of sp³-hybridized carbons (Fsp3) is 0.286. The highest BCUT2D eigenvalue weighted by Crippen LogP contribution is 2.29. The standard InChI is InChI=1S/C21H20ClFN2O4/c1-12-4-3-5-18(13(12)2)25-10-14(8-20(25)27)21(28)29-11-19(26)24-17-7-6-15(22)9-16(17)23/h3-7,9,14H,8,10-11H2,1-2H3,(H,24,26)/t14-/m1/s1. The number of anilines is 2. The number of carbonyl (C=O) groups excluding carboxylic acids is 3. The van der Waals surface area contributed by atoms with E-state index in [1.54, 1.807) is 4.90 Å². The van der Waals surface area contributed by atoms with Gasteiger partial charge in [0.25, 0.3) is 5.91 Å². The minimum atomic E-state index is -0.692. The molecule has 1 N–H and O–H groups in total. The topological polar surface area (TPSA) is 75.7 Å². The number of benzene rings is 2. The molecule has 0 saturated carbocycles. The molecule has 1 saturated heterocycles. The second-order valence-corrected chi connectivity index (χ2v) is 7.34. The van der Waals surface area contributed by atoms with Crippen LogP contribution in [0.5, 0.6) is 0 Å². The number of esters is 1. The maximum atomic E-state index is 13.7. The fourth-order valence-corrected chi connectivity index (χ4v) is 3.32. The third kappa shape index (κ3) is 4.74. The summed E-state index contributed by atoms with van der Waals surface area (Å²) >= 11 is 5.66. The highest BCUT2D eigenvalue weighted by molar-refractivity contribution is 6.30. The number of rotatable bonds is 5. The molecule has 0 radical (unpaired) electrons. The zero-order valence-corrected chi connectivity index (χ0v) is 16.8. The molecule has 1 heterocycles. The number of nitrogens with zero attached hydrogens (tertiary/aromatic N) is 1. The average molecular weight is 419 g/mol. The Bertz CT molecular complexity index is 979. The smallest absolute Gasteiger partial charge is 0.311 e. The zero-order valence-electron chi connectivity index (χ0n) is 16.0. The van der Waals surface area contributed by atoms with Gasteiger partial charge < -0.3 is 15.0 Å². The zero-order chi connectivity index (χ0) is 21.1. The van der Waals surface area contributed by atoms with Crippen molar-refractivity contribution in [2.45, 2.75) is 20.3 Å². The molecular formula is C21H20ClFN2O4. The van der Waals surface area contributed by atoms with Crippen LogP contribution < -0.4 is 10.2 Å². The third-order valence-corrected chi connectivity index (χ3v) is 5.11. The van der Waals surface area contributed by atoms with Crippen LogP contribution in [-0.4, -0.2) is 30.9 Å². The van der Waals surface area contributed by atoms with Gasteiger partial charge >= 0.3 is 5.97 Å². The van der Waals surface area contributed by atoms with Crippen molar-refractivity contribution in [3.63, 3.8) is 0 Å². The number of carbonyl (C=O) groups is 3. The van der Waals surface area contributed by atoms with Gasteiger partial charge in [-0.05, 0) is 49.2 Å². The summed E-state index contributed by atoms with van der Waals surface area (Å²) in [6.45, 7) is 3.49. The lowest BCUT2D eigenvalue weighted by atomic mass is 10.1. The summed E-state index contributed by atoms with van der Waals surface area (Å²) in [5.41, 5.74) is 2.72. The Morgan fingerprint density at radius 2 is 2.03 bits per heavy atom. The van der Waals surface area contributed by atoms with Gasteiger partial charge in [0.05, 0.1) is 11.6 Å². The quantitative estimate of drug-likeness (QED) is 0.752. The Labute approximate surface area is 172 Å². The van der Waals surface area contributed by atoms with Gasteiger partial charge in [-0.25, -0.2) is 4.39 Å². The largest absolute Gasteiger partial charge is 0.455 e. The number of hydrogen-bond donors (Lipinski definition) is 1. The van der Waals surface area contributed by atoms with E-state index in [-0.39, 0.29) is 29.6 Å². The summed E-state index contributed by atoms with van der Waals surface area (Å²) in [6.07, 6.45) is 0.0135. The van der Waals surface area contributed by atoms with E-state index in [4.69, 9.17) is 16.3 Å². The van der Waals surface area contributed by atoms with Crippen molar-refractivity contribution in [3.8, 4) is 0 Å². The first-order chi connectivity index (χ1) is 13.8. The van der Waals surface area contributed by atoms with E-state index in [1.165, 1.54) is 12.1 Å². The molecule has 0 aromatic heterocycles. The van der Waals surface area contributed by atoms with Crippen LogP contribution in [0.1, 0.15) is 17.5 Å². The van der Waals surface area contributed by atoms with E-state index in [9.17, 15) is 18.8 Å². The number of hydrogen-bond acceptors (Lipinski definition) is 4. The number of aryl methyl sites for hydroxylation is 1. The Hall–Kier alpha value is -2.93. The first-order valence-electron chi connectivity index (χ1n) is 9.04. The highest BCUT2D eigenvalue weighted by Gasteiger charge is 2.37. The Morgan fingerprint density at radius 3 is 2.76 bits per heavy atom.